The molecule has 0 fully saturated rings. The van der Waals surface area contributed by atoms with Crippen molar-refractivity contribution >= 4 is 17.6 Å². The Morgan fingerprint density at radius 2 is 2.00 bits per heavy atom. The number of primary amides is 1. The summed E-state index contributed by atoms with van der Waals surface area (Å²) in [5.74, 6) is -0.729. The normalized spacial score (nSPS) is 10.2. The predicted octanol–water partition coefficient (Wildman–Crippen LogP) is 0.774. The van der Waals surface area contributed by atoms with Crippen LogP contribution in [0.1, 0.15) is 29.4 Å². The zero-order valence-corrected chi connectivity index (χ0v) is 11.0. The van der Waals surface area contributed by atoms with Gasteiger partial charge in [-0.3, -0.25) is 9.59 Å². The number of hydrogen-bond donors (Lipinski definition) is 2. The summed E-state index contributed by atoms with van der Waals surface area (Å²) < 4.78 is 1.45. The van der Waals surface area contributed by atoms with Crippen LogP contribution in [0.15, 0.2) is 30.3 Å². The molecule has 1 heterocycles. The molecule has 0 aliphatic carbocycles. The lowest BCUT2D eigenvalue weighted by molar-refractivity contribution is -0.115. The van der Waals surface area contributed by atoms with Crippen LogP contribution >= 0.6 is 0 Å². The second-order valence-electron chi connectivity index (χ2n) is 4.20. The first-order chi connectivity index (χ1) is 9.61. The van der Waals surface area contributed by atoms with Crippen LogP contribution in [-0.4, -0.2) is 26.8 Å². The Hall–Kier alpha value is -2.70. The molecular formula is C13H15N5O2. The molecule has 0 bridgehead atoms. The van der Waals surface area contributed by atoms with Crippen LogP contribution in [0.3, 0.4) is 0 Å². The fourth-order valence-corrected chi connectivity index (χ4v) is 1.69. The molecule has 0 spiro atoms. The van der Waals surface area contributed by atoms with E-state index in [1.807, 2.05) is 30.3 Å². The van der Waals surface area contributed by atoms with Gasteiger partial charge in [-0.05, 0) is 5.56 Å². The van der Waals surface area contributed by atoms with Gasteiger partial charge in [0.15, 0.2) is 11.5 Å². The van der Waals surface area contributed by atoms with Crippen molar-refractivity contribution in [1.29, 1.82) is 0 Å². The lowest BCUT2D eigenvalue weighted by atomic mass is 10.2. The van der Waals surface area contributed by atoms with E-state index in [2.05, 4.69) is 15.6 Å². The zero-order valence-electron chi connectivity index (χ0n) is 11.0. The first kappa shape index (κ1) is 13.7. The first-order valence-electron chi connectivity index (χ1n) is 6.19. The topological polar surface area (TPSA) is 103 Å². The molecule has 0 aliphatic rings. The second kappa shape index (κ2) is 5.96. The van der Waals surface area contributed by atoms with Crippen molar-refractivity contribution < 1.29 is 9.59 Å². The molecule has 3 N–H and O–H groups in total. The first-order valence-corrected chi connectivity index (χ1v) is 6.19. The van der Waals surface area contributed by atoms with Crippen LogP contribution in [0.4, 0.5) is 5.82 Å². The average Bonchev–Trinajstić information content (AvgIpc) is 2.83. The third kappa shape index (κ3) is 3.00. The van der Waals surface area contributed by atoms with Crippen LogP contribution < -0.4 is 11.1 Å². The Morgan fingerprint density at radius 1 is 1.30 bits per heavy atom. The van der Waals surface area contributed by atoms with Gasteiger partial charge in [0.05, 0.1) is 6.54 Å². The Labute approximate surface area is 115 Å². The number of aromatic nitrogens is 3. The van der Waals surface area contributed by atoms with Crippen LogP contribution in [-0.2, 0) is 11.3 Å². The molecule has 2 rings (SSSR count). The number of carbonyl (C=O) groups is 2. The summed E-state index contributed by atoms with van der Waals surface area (Å²) in [6.07, 6.45) is 0.286. The summed E-state index contributed by atoms with van der Waals surface area (Å²) in [6.45, 7) is 2.10. The van der Waals surface area contributed by atoms with Gasteiger partial charge in [0.2, 0.25) is 5.91 Å². The van der Waals surface area contributed by atoms with Crippen molar-refractivity contribution in [3.05, 3.63) is 41.6 Å². The smallest absolute Gasteiger partial charge is 0.273 e. The minimum atomic E-state index is -0.726. The van der Waals surface area contributed by atoms with Gasteiger partial charge in [-0.25, -0.2) is 4.68 Å². The molecule has 0 saturated heterocycles. The maximum Gasteiger partial charge on any atom is 0.273 e. The summed E-state index contributed by atoms with van der Waals surface area (Å²) >= 11 is 0. The Balaban J connectivity index is 2.32. The van der Waals surface area contributed by atoms with Gasteiger partial charge < -0.3 is 11.1 Å². The van der Waals surface area contributed by atoms with Crippen molar-refractivity contribution in [1.82, 2.24) is 15.0 Å². The molecule has 0 aliphatic heterocycles. The number of rotatable bonds is 5. The number of anilines is 1. The summed E-state index contributed by atoms with van der Waals surface area (Å²) in [5.41, 5.74) is 6.17. The molecular weight excluding hydrogens is 258 g/mol. The molecule has 20 heavy (non-hydrogen) atoms. The van der Waals surface area contributed by atoms with Crippen molar-refractivity contribution in [3.63, 3.8) is 0 Å². The summed E-state index contributed by atoms with van der Waals surface area (Å²) in [5, 5.41) is 10.2. The SMILES string of the molecule is CCC(=O)Nc1c(C(N)=O)nnn1Cc1ccccc1. The minimum Gasteiger partial charge on any atom is -0.364 e. The highest BCUT2D eigenvalue weighted by molar-refractivity contribution is 6.00. The number of nitrogens with one attached hydrogen (secondary N) is 1. The van der Waals surface area contributed by atoms with E-state index in [9.17, 15) is 9.59 Å². The Kier molecular flexibility index (Phi) is 4.09. The maximum absolute atomic E-state index is 11.5. The van der Waals surface area contributed by atoms with E-state index >= 15 is 0 Å². The number of nitrogens with zero attached hydrogens (tertiary/aromatic N) is 3. The molecule has 1 aromatic heterocycles. The van der Waals surface area contributed by atoms with E-state index in [-0.39, 0.29) is 23.8 Å². The summed E-state index contributed by atoms with van der Waals surface area (Å²) in [6, 6.07) is 9.52. The lowest BCUT2D eigenvalue weighted by Gasteiger charge is -2.08. The van der Waals surface area contributed by atoms with E-state index in [4.69, 9.17) is 5.73 Å². The van der Waals surface area contributed by atoms with Gasteiger partial charge in [-0.1, -0.05) is 42.5 Å². The van der Waals surface area contributed by atoms with Crippen LogP contribution in [0.5, 0.6) is 0 Å². The fourth-order valence-electron chi connectivity index (χ4n) is 1.69. The van der Waals surface area contributed by atoms with E-state index in [0.717, 1.165) is 5.56 Å². The highest BCUT2D eigenvalue weighted by Crippen LogP contribution is 2.14. The van der Waals surface area contributed by atoms with Gasteiger partial charge >= 0.3 is 0 Å². The van der Waals surface area contributed by atoms with Gasteiger partial charge in [0.1, 0.15) is 0 Å². The molecule has 0 radical (unpaired) electrons. The quantitative estimate of drug-likeness (QED) is 0.839. The molecule has 1 aromatic carbocycles. The molecule has 0 unspecified atom stereocenters. The molecule has 7 nitrogen and oxygen atoms in total. The lowest BCUT2D eigenvalue weighted by Crippen LogP contribution is -2.19. The summed E-state index contributed by atoms with van der Waals surface area (Å²) in [4.78, 5) is 22.8. The molecule has 104 valence electrons. The van der Waals surface area contributed by atoms with E-state index in [1.165, 1.54) is 4.68 Å². The van der Waals surface area contributed by atoms with Crippen molar-refractivity contribution in [2.24, 2.45) is 5.73 Å². The number of benzene rings is 1. The van der Waals surface area contributed by atoms with Gasteiger partial charge in [-0.15, -0.1) is 5.10 Å². The third-order valence-corrected chi connectivity index (χ3v) is 2.72. The van der Waals surface area contributed by atoms with E-state index in [1.54, 1.807) is 6.92 Å². The predicted molar refractivity (Wildman–Crippen MR) is 73.0 cm³/mol. The molecule has 0 atom stereocenters. The van der Waals surface area contributed by atoms with Gasteiger partial charge in [-0.2, -0.15) is 0 Å². The van der Waals surface area contributed by atoms with Gasteiger partial charge in [0.25, 0.3) is 5.91 Å². The van der Waals surface area contributed by atoms with Crippen molar-refractivity contribution in [2.75, 3.05) is 5.32 Å². The minimum absolute atomic E-state index is 0.0391. The molecule has 2 aromatic rings. The van der Waals surface area contributed by atoms with Crippen molar-refractivity contribution in [3.8, 4) is 0 Å². The number of hydrogen-bond acceptors (Lipinski definition) is 4. The highest BCUT2D eigenvalue weighted by Gasteiger charge is 2.19. The molecule has 0 saturated carbocycles. The zero-order chi connectivity index (χ0) is 14.5. The van der Waals surface area contributed by atoms with Crippen LogP contribution in [0.2, 0.25) is 0 Å². The van der Waals surface area contributed by atoms with Crippen molar-refractivity contribution in [2.45, 2.75) is 19.9 Å². The average molecular weight is 273 g/mol. The molecule has 2 amide bonds. The number of nitrogens with two attached hydrogens (primary N) is 1. The Morgan fingerprint density at radius 3 is 2.60 bits per heavy atom. The largest absolute Gasteiger partial charge is 0.364 e. The second-order valence-corrected chi connectivity index (χ2v) is 4.20. The summed E-state index contributed by atoms with van der Waals surface area (Å²) in [7, 11) is 0. The third-order valence-electron chi connectivity index (χ3n) is 2.72. The monoisotopic (exact) mass is 273 g/mol. The fraction of sp³-hybridized carbons (Fsp3) is 0.231. The van der Waals surface area contributed by atoms with E-state index < -0.39 is 5.91 Å². The number of carbonyl (C=O) groups excluding carboxylic acids is 2. The Bertz CT molecular complexity index is 621. The van der Waals surface area contributed by atoms with Gasteiger partial charge in [0, 0.05) is 6.42 Å². The highest BCUT2D eigenvalue weighted by atomic mass is 16.2. The van der Waals surface area contributed by atoms with E-state index in [0.29, 0.717) is 6.54 Å². The number of amides is 2. The maximum atomic E-state index is 11.5. The van der Waals surface area contributed by atoms with Crippen LogP contribution in [0.25, 0.3) is 0 Å². The standard InChI is InChI=1S/C13H15N5O2/c1-2-10(19)15-13-11(12(14)20)16-17-18(13)8-9-6-4-3-5-7-9/h3-7H,2,8H2,1H3,(H2,14,20)(H,15,19). The van der Waals surface area contributed by atoms with Crippen LogP contribution in [0, 0.1) is 0 Å². The molecule has 7 heteroatoms.